The molecule has 1 aromatic heterocycles. The lowest BCUT2D eigenvalue weighted by Gasteiger charge is -2.41. The van der Waals surface area contributed by atoms with Gasteiger partial charge in [-0.15, -0.1) is 11.3 Å². The molecule has 1 saturated heterocycles. The van der Waals surface area contributed by atoms with Gasteiger partial charge in [0.15, 0.2) is 0 Å². The van der Waals surface area contributed by atoms with Gasteiger partial charge in [-0.05, 0) is 37.6 Å². The zero-order valence-electron chi connectivity index (χ0n) is 14.3. The quantitative estimate of drug-likeness (QED) is 0.870. The lowest BCUT2D eigenvalue weighted by atomic mass is 10.1. The van der Waals surface area contributed by atoms with E-state index in [0.717, 1.165) is 31.1 Å². The number of benzene rings is 1. The minimum absolute atomic E-state index is 0.0782. The lowest BCUT2D eigenvalue weighted by Crippen LogP contribution is -2.51. The highest BCUT2D eigenvalue weighted by Crippen LogP contribution is 2.25. The van der Waals surface area contributed by atoms with Gasteiger partial charge in [0, 0.05) is 42.8 Å². The van der Waals surface area contributed by atoms with Crippen LogP contribution < -0.4 is 4.90 Å². The first kappa shape index (κ1) is 17.0. The molecule has 0 aliphatic carbocycles. The molecule has 24 heavy (non-hydrogen) atoms. The molecule has 1 aliphatic rings. The second-order valence-electron chi connectivity index (χ2n) is 6.28. The van der Waals surface area contributed by atoms with E-state index in [9.17, 15) is 0 Å². The Kier molecular flexibility index (Phi) is 5.57. The van der Waals surface area contributed by atoms with Gasteiger partial charge < -0.3 is 10.0 Å². The summed E-state index contributed by atoms with van der Waals surface area (Å²) in [7, 11) is 0. The summed E-state index contributed by atoms with van der Waals surface area (Å²) in [5, 5.41) is 8.79. The smallest absolute Gasteiger partial charge is 0.104 e. The Balaban J connectivity index is 1.62. The average Bonchev–Trinajstić information content (AvgIpc) is 3.03. The molecule has 0 bridgehead atoms. The van der Waals surface area contributed by atoms with Crippen LogP contribution in [0, 0.1) is 18.8 Å². The third-order valence-electron chi connectivity index (χ3n) is 4.53. The first-order chi connectivity index (χ1) is 11.7. The normalized spacial score (nSPS) is 18.3. The minimum atomic E-state index is -0.0782. The van der Waals surface area contributed by atoms with E-state index in [1.54, 1.807) is 11.3 Å². The number of anilines is 1. The molecule has 2 aromatic rings. The third kappa shape index (κ3) is 3.99. The van der Waals surface area contributed by atoms with Crippen LogP contribution in [0.1, 0.15) is 22.2 Å². The molecule has 1 aliphatic heterocycles. The van der Waals surface area contributed by atoms with Crippen molar-refractivity contribution in [3.05, 3.63) is 51.7 Å². The predicted octanol–water partition coefficient (Wildman–Crippen LogP) is 3.11. The Morgan fingerprint density at radius 3 is 2.79 bits per heavy atom. The molecule has 0 amide bonds. The van der Waals surface area contributed by atoms with Crippen molar-refractivity contribution in [2.75, 3.05) is 31.1 Å². The van der Waals surface area contributed by atoms with E-state index >= 15 is 0 Å². The molecule has 0 saturated carbocycles. The average molecular weight is 340 g/mol. The van der Waals surface area contributed by atoms with E-state index in [1.165, 1.54) is 16.1 Å². The van der Waals surface area contributed by atoms with Gasteiger partial charge in [0.25, 0.3) is 0 Å². The van der Waals surface area contributed by atoms with Crippen molar-refractivity contribution >= 4 is 17.0 Å². The van der Waals surface area contributed by atoms with Crippen molar-refractivity contribution in [3.63, 3.8) is 0 Å². The third-order valence-corrected chi connectivity index (χ3v) is 5.52. The van der Waals surface area contributed by atoms with Crippen LogP contribution in [0.25, 0.3) is 0 Å². The first-order valence-electron chi connectivity index (χ1n) is 8.40. The van der Waals surface area contributed by atoms with E-state index in [-0.39, 0.29) is 6.61 Å². The van der Waals surface area contributed by atoms with Crippen LogP contribution in [0.5, 0.6) is 0 Å². The Morgan fingerprint density at radius 1 is 1.21 bits per heavy atom. The largest absolute Gasteiger partial charge is 0.384 e. The number of nitrogens with zero attached hydrogens (tertiary/aromatic N) is 2. The van der Waals surface area contributed by atoms with Crippen molar-refractivity contribution in [1.82, 2.24) is 4.90 Å². The highest BCUT2D eigenvalue weighted by atomic mass is 32.1. The van der Waals surface area contributed by atoms with Crippen LogP contribution in [0.4, 0.5) is 5.69 Å². The van der Waals surface area contributed by atoms with Gasteiger partial charge in [0.1, 0.15) is 6.61 Å². The van der Waals surface area contributed by atoms with Crippen molar-refractivity contribution in [3.8, 4) is 11.8 Å². The maximum absolute atomic E-state index is 8.79. The summed E-state index contributed by atoms with van der Waals surface area (Å²) in [6.07, 6.45) is 0. The molecule has 0 unspecified atom stereocenters. The zero-order chi connectivity index (χ0) is 16.9. The number of para-hydroxylation sites is 1. The van der Waals surface area contributed by atoms with Crippen molar-refractivity contribution in [1.29, 1.82) is 0 Å². The van der Waals surface area contributed by atoms with Crippen LogP contribution in [0.2, 0.25) is 0 Å². The summed E-state index contributed by atoms with van der Waals surface area (Å²) < 4.78 is 0. The highest BCUT2D eigenvalue weighted by molar-refractivity contribution is 7.12. The number of aliphatic hydroxyl groups excluding tert-OH is 1. The van der Waals surface area contributed by atoms with Crippen LogP contribution in [0.15, 0.2) is 36.4 Å². The van der Waals surface area contributed by atoms with E-state index in [2.05, 4.69) is 71.9 Å². The van der Waals surface area contributed by atoms with Gasteiger partial charge in [-0.1, -0.05) is 30.0 Å². The number of hydrogen-bond donors (Lipinski definition) is 1. The topological polar surface area (TPSA) is 26.7 Å². The van der Waals surface area contributed by atoms with E-state index in [4.69, 9.17) is 5.11 Å². The van der Waals surface area contributed by atoms with E-state index < -0.39 is 0 Å². The molecule has 2 heterocycles. The van der Waals surface area contributed by atoms with Crippen molar-refractivity contribution in [2.24, 2.45) is 0 Å². The summed E-state index contributed by atoms with van der Waals surface area (Å²) in [5.41, 5.74) is 2.71. The fraction of sp³-hybridized carbons (Fsp3) is 0.400. The second kappa shape index (κ2) is 7.85. The summed E-state index contributed by atoms with van der Waals surface area (Å²) in [6.45, 7) is 8.60. The van der Waals surface area contributed by atoms with E-state index in [1.807, 2.05) is 0 Å². The van der Waals surface area contributed by atoms with Gasteiger partial charge >= 0.3 is 0 Å². The molecule has 4 heteroatoms. The molecular weight excluding hydrogens is 316 g/mol. The van der Waals surface area contributed by atoms with Gasteiger partial charge in [-0.25, -0.2) is 0 Å². The molecule has 0 radical (unpaired) electrons. The molecule has 126 valence electrons. The SMILES string of the molecule is Cc1ccccc1N1CCN(Cc2ccc(C#CCO)s2)[C@H](C)C1. The fourth-order valence-electron chi connectivity index (χ4n) is 3.22. The Hall–Kier alpha value is -1.80. The Bertz CT molecular complexity index is 743. The van der Waals surface area contributed by atoms with Crippen LogP contribution in [-0.2, 0) is 6.54 Å². The summed E-state index contributed by atoms with van der Waals surface area (Å²) >= 11 is 1.73. The molecular formula is C20H24N2OS. The van der Waals surface area contributed by atoms with Gasteiger partial charge in [0.2, 0.25) is 0 Å². The second-order valence-corrected chi connectivity index (χ2v) is 7.45. The predicted molar refractivity (Wildman–Crippen MR) is 102 cm³/mol. The lowest BCUT2D eigenvalue weighted by molar-refractivity contribution is 0.182. The molecule has 1 atom stereocenters. The number of rotatable bonds is 3. The maximum Gasteiger partial charge on any atom is 0.104 e. The number of aliphatic hydroxyl groups is 1. The first-order valence-corrected chi connectivity index (χ1v) is 9.22. The number of piperazine rings is 1. The molecule has 1 aromatic carbocycles. The fourth-order valence-corrected chi connectivity index (χ4v) is 4.13. The van der Waals surface area contributed by atoms with Crippen molar-refractivity contribution < 1.29 is 5.11 Å². The Morgan fingerprint density at radius 2 is 2.04 bits per heavy atom. The van der Waals surface area contributed by atoms with Gasteiger partial charge in [-0.2, -0.15) is 0 Å². The van der Waals surface area contributed by atoms with Crippen molar-refractivity contribution in [2.45, 2.75) is 26.4 Å². The zero-order valence-corrected chi connectivity index (χ0v) is 15.1. The maximum atomic E-state index is 8.79. The minimum Gasteiger partial charge on any atom is -0.384 e. The Labute approximate surface area is 148 Å². The molecule has 3 nitrogen and oxygen atoms in total. The summed E-state index contributed by atoms with van der Waals surface area (Å²) in [5.74, 6) is 5.70. The molecule has 3 rings (SSSR count). The van der Waals surface area contributed by atoms with Crippen LogP contribution in [0.3, 0.4) is 0 Å². The van der Waals surface area contributed by atoms with Crippen LogP contribution in [-0.4, -0.2) is 42.3 Å². The highest BCUT2D eigenvalue weighted by Gasteiger charge is 2.24. The monoisotopic (exact) mass is 340 g/mol. The van der Waals surface area contributed by atoms with E-state index in [0.29, 0.717) is 6.04 Å². The molecule has 0 spiro atoms. The molecule has 1 fully saturated rings. The van der Waals surface area contributed by atoms with Gasteiger partial charge in [0.05, 0.1) is 4.88 Å². The van der Waals surface area contributed by atoms with Gasteiger partial charge in [-0.3, -0.25) is 4.90 Å². The standard InChI is InChI=1S/C20H24N2OS/c1-16-6-3-4-8-20(16)22-12-11-21(17(2)14-22)15-19-10-9-18(24-19)7-5-13-23/h3-4,6,8-10,17,23H,11-15H2,1-2H3/t17-/m1/s1. The number of hydrogen-bond acceptors (Lipinski definition) is 4. The number of thiophene rings is 1. The summed E-state index contributed by atoms with van der Waals surface area (Å²) in [4.78, 5) is 7.42. The number of aryl methyl sites for hydroxylation is 1. The van der Waals surface area contributed by atoms with Crippen LogP contribution >= 0.6 is 11.3 Å². The summed E-state index contributed by atoms with van der Waals surface area (Å²) in [6, 6.07) is 13.4. The molecule has 1 N–H and O–H groups in total.